The third-order valence-electron chi connectivity index (χ3n) is 12.4. The average Bonchev–Trinajstić information content (AvgIpc) is 3.27. The Kier molecular flexibility index (Phi) is 18.3. The molecule has 0 bridgehead atoms. The van der Waals surface area contributed by atoms with Crippen LogP contribution in [0.3, 0.4) is 0 Å². The molecule has 0 heterocycles. The van der Waals surface area contributed by atoms with Crippen molar-refractivity contribution in [2.24, 2.45) is 23.7 Å². The second-order valence-electron chi connectivity index (χ2n) is 21.0. The van der Waals surface area contributed by atoms with E-state index in [9.17, 15) is 0 Å². The van der Waals surface area contributed by atoms with Crippen LogP contribution in [-0.4, -0.2) is 66.3 Å². The predicted molar refractivity (Wildman–Crippen MR) is 289 cm³/mol. The van der Waals surface area contributed by atoms with E-state index in [4.69, 9.17) is 0 Å². The molecule has 0 amide bonds. The highest BCUT2D eigenvalue weighted by Gasteiger charge is 2.25. The van der Waals surface area contributed by atoms with Gasteiger partial charge in [0.05, 0.1) is 0 Å². The lowest BCUT2D eigenvalue weighted by atomic mass is 10.1. The fourth-order valence-electron chi connectivity index (χ4n) is 8.99. The Balaban J connectivity index is 1.64. The molecule has 0 aromatic heterocycles. The van der Waals surface area contributed by atoms with E-state index in [2.05, 4.69) is 261 Å². The molecule has 0 saturated carbocycles. The van der Waals surface area contributed by atoms with Gasteiger partial charge in [0.25, 0.3) is 0 Å². The molecule has 0 saturated heterocycles. The van der Waals surface area contributed by atoms with Crippen molar-refractivity contribution in [3.63, 3.8) is 0 Å². The summed E-state index contributed by atoms with van der Waals surface area (Å²) >= 11 is 0. The van der Waals surface area contributed by atoms with Gasteiger partial charge in [0.2, 0.25) is 22.8 Å². The van der Waals surface area contributed by atoms with Crippen LogP contribution in [0.25, 0.3) is 0 Å². The average molecular weight is 879 g/mol. The minimum Gasteiger partial charge on any atom is -0.369 e. The Labute approximate surface area is 396 Å². The van der Waals surface area contributed by atoms with Crippen molar-refractivity contribution in [3.8, 4) is 0 Å². The van der Waals surface area contributed by atoms with Gasteiger partial charge in [0.15, 0.2) is 0 Å². The van der Waals surface area contributed by atoms with E-state index in [0.717, 1.165) is 66.7 Å². The Bertz CT molecular complexity index is 2180. The van der Waals surface area contributed by atoms with Crippen molar-refractivity contribution in [2.45, 2.75) is 141 Å². The summed E-state index contributed by atoms with van der Waals surface area (Å²) < 4.78 is 4.92. The molecule has 0 radical (unpaired) electrons. The number of anilines is 6. The van der Waals surface area contributed by atoms with Crippen LogP contribution in [-0.2, 0) is 0 Å². The van der Waals surface area contributed by atoms with Crippen molar-refractivity contribution in [2.75, 3.05) is 45.8 Å². The summed E-state index contributed by atoms with van der Waals surface area (Å²) in [5.74, 6) is 2.30. The van der Waals surface area contributed by atoms with Crippen LogP contribution in [0, 0.1) is 23.7 Å². The molecule has 6 nitrogen and oxygen atoms in total. The highest BCUT2D eigenvalue weighted by atomic mass is 15.2. The van der Waals surface area contributed by atoms with Gasteiger partial charge in [-0.2, -0.15) is 4.58 Å². The molecule has 65 heavy (non-hydrogen) atoms. The first-order chi connectivity index (χ1) is 30.9. The largest absolute Gasteiger partial charge is 0.369 e. The Hall–Kier alpha value is -5.10. The number of rotatable bonds is 21. The number of nitrogens with zero attached hydrogens (tertiary/aromatic N) is 6. The molecule has 0 spiro atoms. The molecule has 0 aliphatic heterocycles. The van der Waals surface area contributed by atoms with Crippen molar-refractivity contribution >= 4 is 56.9 Å². The van der Waals surface area contributed by atoms with Gasteiger partial charge in [0.1, 0.15) is 12.6 Å². The van der Waals surface area contributed by atoms with E-state index in [-0.39, 0.29) is 0 Å². The summed E-state index contributed by atoms with van der Waals surface area (Å²) in [6, 6.07) is 38.5. The van der Waals surface area contributed by atoms with Crippen molar-refractivity contribution < 1.29 is 4.58 Å². The van der Waals surface area contributed by atoms with Gasteiger partial charge in [0, 0.05) is 126 Å². The molecule has 6 heteroatoms. The van der Waals surface area contributed by atoms with Gasteiger partial charge in [-0.25, -0.2) is 4.58 Å². The first-order valence-corrected chi connectivity index (χ1v) is 25.0. The van der Waals surface area contributed by atoms with Gasteiger partial charge >= 0.3 is 0 Å². The molecule has 5 rings (SSSR count). The molecule has 0 N–H and O–H groups in total. The normalized spacial score (nSPS) is 13.3. The molecule has 1 unspecified atom stereocenters. The van der Waals surface area contributed by atoms with Crippen LogP contribution < -0.4 is 24.2 Å². The number of benzene rings is 4. The third kappa shape index (κ3) is 13.5. The SMILES string of the molecule is CCC(C)N(CC(C)C)c1ccc(N(c2ccc(N(CC(C)C)C(C)C)cc2)c2ccc([N+](=C3C=CC(=[N+](CC(C)C)C(C)C)C=C3)c3ccc(N(CC(C)C)C(C)C)cc3)cc2)cc1. The first kappa shape index (κ1) is 50.9. The molecule has 4 aromatic rings. The van der Waals surface area contributed by atoms with Gasteiger partial charge < -0.3 is 19.6 Å². The van der Waals surface area contributed by atoms with Gasteiger partial charge in [-0.3, -0.25) is 0 Å². The summed E-state index contributed by atoms with van der Waals surface area (Å²) in [5.41, 5.74) is 11.8. The van der Waals surface area contributed by atoms with Crippen molar-refractivity contribution in [1.82, 2.24) is 4.58 Å². The second-order valence-corrected chi connectivity index (χ2v) is 21.0. The molecule has 1 aliphatic rings. The van der Waals surface area contributed by atoms with E-state index < -0.39 is 0 Å². The molecular formula is C59H86N6+2. The summed E-state index contributed by atoms with van der Waals surface area (Å²) in [6.45, 7) is 40.9. The second kappa shape index (κ2) is 23.4. The van der Waals surface area contributed by atoms with Crippen molar-refractivity contribution in [1.29, 1.82) is 0 Å². The van der Waals surface area contributed by atoms with Crippen LogP contribution in [0.5, 0.6) is 0 Å². The molecule has 0 fully saturated rings. The lowest BCUT2D eigenvalue weighted by Gasteiger charge is -2.33. The van der Waals surface area contributed by atoms with Crippen LogP contribution in [0.15, 0.2) is 121 Å². The smallest absolute Gasteiger partial charge is 0.212 e. The van der Waals surface area contributed by atoms with Crippen LogP contribution >= 0.6 is 0 Å². The van der Waals surface area contributed by atoms with E-state index in [1.54, 1.807) is 0 Å². The number of hydrogen-bond acceptors (Lipinski definition) is 4. The fraction of sp³-hybridized carbons (Fsp3) is 0.492. The Morgan fingerprint density at radius 1 is 0.385 bits per heavy atom. The molecule has 4 aromatic carbocycles. The van der Waals surface area contributed by atoms with Gasteiger partial charge in [-0.1, -0.05) is 62.3 Å². The van der Waals surface area contributed by atoms with E-state index in [1.165, 1.54) is 22.8 Å². The highest BCUT2D eigenvalue weighted by Crippen LogP contribution is 2.38. The minimum atomic E-state index is 0.414. The van der Waals surface area contributed by atoms with Gasteiger partial charge in [-0.15, -0.1) is 0 Å². The quantitative estimate of drug-likeness (QED) is 0.0613. The number of hydrogen-bond donors (Lipinski definition) is 0. The van der Waals surface area contributed by atoms with Crippen LogP contribution in [0.4, 0.5) is 45.5 Å². The lowest BCUT2D eigenvalue weighted by Crippen LogP contribution is -2.35. The maximum atomic E-state index is 2.57. The zero-order chi connectivity index (χ0) is 47.5. The zero-order valence-corrected chi connectivity index (χ0v) is 43.4. The van der Waals surface area contributed by atoms with E-state index >= 15 is 0 Å². The standard InChI is InChI=1S/C59H86N6/c1-17-49(16)63(41-45(8)9)53-24-32-57(33-25-53)65(56-30-22-52(23-31-56)62(48(14)15)40-44(6)7)59-36-34-58(35-37-59)64(54-26-18-50(19-27-54)60(46(10)11)38-42(2)3)55-28-20-51(21-29-55)61(47(12)13)39-43(4)5/h18-37,42-49H,17,38-41H2,1-16H3/q+2. The van der Waals surface area contributed by atoms with E-state index in [0.29, 0.717) is 47.8 Å². The summed E-state index contributed by atoms with van der Waals surface area (Å²) in [7, 11) is 0. The topological polar surface area (TPSA) is 19.0 Å². The van der Waals surface area contributed by atoms with E-state index in [1.807, 2.05) is 0 Å². The molecule has 350 valence electrons. The Morgan fingerprint density at radius 2 is 0.708 bits per heavy atom. The summed E-state index contributed by atoms with van der Waals surface area (Å²) in [5, 5.41) is 0. The van der Waals surface area contributed by atoms with Crippen LogP contribution in [0.1, 0.15) is 117 Å². The minimum absolute atomic E-state index is 0.414. The summed E-state index contributed by atoms with van der Waals surface area (Å²) in [4.78, 5) is 10.0. The highest BCUT2D eigenvalue weighted by molar-refractivity contribution is 6.18. The van der Waals surface area contributed by atoms with Gasteiger partial charge in [-0.05, 0) is 145 Å². The molecule has 1 aliphatic carbocycles. The lowest BCUT2D eigenvalue weighted by molar-refractivity contribution is -0.562. The maximum absolute atomic E-state index is 2.57. The monoisotopic (exact) mass is 879 g/mol. The predicted octanol–water partition coefficient (Wildman–Crippen LogP) is 15.1. The Morgan fingerprint density at radius 3 is 1.05 bits per heavy atom. The summed E-state index contributed by atoms with van der Waals surface area (Å²) in [6.07, 6.45) is 10.3. The molecular weight excluding hydrogens is 793 g/mol. The first-order valence-electron chi connectivity index (χ1n) is 25.0. The maximum Gasteiger partial charge on any atom is 0.212 e. The van der Waals surface area contributed by atoms with Crippen LogP contribution in [0.2, 0.25) is 0 Å². The fourth-order valence-corrected chi connectivity index (χ4v) is 8.99. The molecule has 1 atom stereocenters. The zero-order valence-electron chi connectivity index (χ0n) is 43.4. The third-order valence-corrected chi connectivity index (χ3v) is 12.4. The van der Waals surface area contributed by atoms with Crippen molar-refractivity contribution in [3.05, 3.63) is 121 Å². The number of allylic oxidation sites excluding steroid dienone is 4.